The highest BCUT2D eigenvalue weighted by Crippen LogP contribution is 2.35. The summed E-state index contributed by atoms with van der Waals surface area (Å²) in [7, 11) is 0. The summed E-state index contributed by atoms with van der Waals surface area (Å²) in [5.74, 6) is -0.756. The minimum atomic E-state index is -0.575. The topological polar surface area (TPSA) is 106 Å². The predicted octanol–water partition coefficient (Wildman–Crippen LogP) is 3.01. The number of phenols is 2. The summed E-state index contributed by atoms with van der Waals surface area (Å²) in [5.41, 5.74) is 0.892. The van der Waals surface area contributed by atoms with Crippen molar-refractivity contribution in [1.29, 1.82) is 0 Å². The standard InChI is InChI=1S/C21H20FN3O5/c1-12-18-16(27)10-15(26)11-17(18)30-20(28)19(12)24-6-8-25(9-7-24)21(29)23-14-4-2-13(22)3-5-14/h2-5,10-11,26-27H,6-9H2,1H3,(H,23,29). The van der Waals surface area contributed by atoms with E-state index in [1.54, 1.807) is 11.8 Å². The second-order valence-electron chi connectivity index (χ2n) is 7.11. The highest BCUT2D eigenvalue weighted by atomic mass is 19.1. The first-order chi connectivity index (χ1) is 14.3. The molecule has 1 saturated heterocycles. The van der Waals surface area contributed by atoms with Crippen molar-refractivity contribution >= 4 is 28.4 Å². The van der Waals surface area contributed by atoms with Crippen molar-refractivity contribution in [3.63, 3.8) is 0 Å². The molecular weight excluding hydrogens is 393 g/mol. The molecule has 2 amide bonds. The molecule has 1 aromatic heterocycles. The number of halogens is 1. The number of phenolic OH excluding ortho intramolecular Hbond substituents is 2. The maximum atomic E-state index is 13.0. The van der Waals surface area contributed by atoms with Gasteiger partial charge in [-0.25, -0.2) is 14.0 Å². The Labute approximate surface area is 170 Å². The van der Waals surface area contributed by atoms with E-state index in [0.29, 0.717) is 48.5 Å². The fraction of sp³-hybridized carbons (Fsp3) is 0.238. The molecule has 0 unspecified atom stereocenters. The van der Waals surface area contributed by atoms with Gasteiger partial charge in [-0.2, -0.15) is 0 Å². The molecule has 156 valence electrons. The quantitative estimate of drug-likeness (QED) is 0.558. The van der Waals surface area contributed by atoms with E-state index in [4.69, 9.17) is 4.42 Å². The minimum Gasteiger partial charge on any atom is -0.508 e. The minimum absolute atomic E-state index is 0.107. The molecule has 1 aliphatic rings. The maximum Gasteiger partial charge on any atom is 0.360 e. The third kappa shape index (κ3) is 3.61. The Morgan fingerprint density at radius 2 is 1.77 bits per heavy atom. The lowest BCUT2D eigenvalue weighted by Crippen LogP contribution is -2.51. The number of aromatic hydroxyl groups is 2. The summed E-state index contributed by atoms with van der Waals surface area (Å²) in [4.78, 5) is 28.4. The van der Waals surface area contributed by atoms with E-state index in [1.165, 1.54) is 36.4 Å². The molecule has 0 saturated carbocycles. The van der Waals surface area contributed by atoms with Crippen LogP contribution in [0.25, 0.3) is 11.0 Å². The average Bonchev–Trinajstić information content (AvgIpc) is 2.69. The lowest BCUT2D eigenvalue weighted by atomic mass is 10.1. The van der Waals surface area contributed by atoms with E-state index < -0.39 is 5.63 Å². The van der Waals surface area contributed by atoms with Crippen LogP contribution in [0.3, 0.4) is 0 Å². The van der Waals surface area contributed by atoms with E-state index in [2.05, 4.69) is 5.32 Å². The number of aryl methyl sites for hydroxylation is 1. The average molecular weight is 413 g/mol. The van der Waals surface area contributed by atoms with Crippen LogP contribution in [0.4, 0.5) is 20.6 Å². The van der Waals surface area contributed by atoms with Crippen LogP contribution in [0.15, 0.2) is 45.6 Å². The van der Waals surface area contributed by atoms with Gasteiger partial charge in [-0.3, -0.25) is 0 Å². The molecule has 3 N–H and O–H groups in total. The van der Waals surface area contributed by atoms with Crippen molar-refractivity contribution in [2.45, 2.75) is 6.92 Å². The normalized spacial score (nSPS) is 14.2. The molecule has 3 aromatic rings. The predicted molar refractivity (Wildman–Crippen MR) is 110 cm³/mol. The Bertz CT molecular complexity index is 1170. The number of piperazine rings is 1. The first-order valence-corrected chi connectivity index (χ1v) is 9.39. The van der Waals surface area contributed by atoms with Gasteiger partial charge in [0.25, 0.3) is 0 Å². The Morgan fingerprint density at radius 1 is 1.10 bits per heavy atom. The number of carbonyl (C=O) groups excluding carboxylic acids is 1. The summed E-state index contributed by atoms with van der Waals surface area (Å²) >= 11 is 0. The van der Waals surface area contributed by atoms with E-state index >= 15 is 0 Å². The van der Waals surface area contributed by atoms with Gasteiger partial charge in [0.05, 0.1) is 5.39 Å². The number of rotatable bonds is 2. The van der Waals surface area contributed by atoms with Gasteiger partial charge in [-0.05, 0) is 36.8 Å². The monoisotopic (exact) mass is 413 g/mol. The first-order valence-electron chi connectivity index (χ1n) is 9.39. The van der Waals surface area contributed by atoms with Crippen LogP contribution in [0, 0.1) is 12.7 Å². The first kappa shape index (κ1) is 19.6. The van der Waals surface area contributed by atoms with Gasteiger partial charge in [0.1, 0.15) is 28.6 Å². The number of fused-ring (bicyclic) bond motifs is 1. The van der Waals surface area contributed by atoms with Crippen LogP contribution >= 0.6 is 0 Å². The van der Waals surface area contributed by atoms with E-state index in [-0.39, 0.29) is 28.9 Å². The van der Waals surface area contributed by atoms with Crippen molar-refractivity contribution in [3.8, 4) is 11.5 Å². The van der Waals surface area contributed by atoms with Crippen molar-refractivity contribution in [1.82, 2.24) is 4.90 Å². The zero-order valence-corrected chi connectivity index (χ0v) is 16.2. The molecular formula is C21H20FN3O5. The van der Waals surface area contributed by atoms with Crippen LogP contribution < -0.4 is 15.8 Å². The highest BCUT2D eigenvalue weighted by molar-refractivity contribution is 5.91. The highest BCUT2D eigenvalue weighted by Gasteiger charge is 2.26. The second-order valence-corrected chi connectivity index (χ2v) is 7.11. The summed E-state index contributed by atoms with van der Waals surface area (Å²) < 4.78 is 18.3. The Balaban J connectivity index is 1.51. The molecule has 2 heterocycles. The molecule has 0 bridgehead atoms. The smallest absolute Gasteiger partial charge is 0.360 e. The number of nitrogens with zero attached hydrogens (tertiary/aromatic N) is 2. The van der Waals surface area contributed by atoms with Crippen LogP contribution in [-0.4, -0.2) is 47.3 Å². The SMILES string of the molecule is Cc1c(N2CCN(C(=O)Nc3ccc(F)cc3)CC2)c(=O)oc2cc(O)cc(O)c12. The Kier molecular flexibility index (Phi) is 4.94. The number of amides is 2. The largest absolute Gasteiger partial charge is 0.508 e. The fourth-order valence-corrected chi connectivity index (χ4v) is 3.70. The van der Waals surface area contributed by atoms with E-state index in [1.807, 2.05) is 4.90 Å². The van der Waals surface area contributed by atoms with Crippen molar-refractivity contribution in [3.05, 3.63) is 58.2 Å². The van der Waals surface area contributed by atoms with Crippen molar-refractivity contribution in [2.75, 3.05) is 36.4 Å². The van der Waals surface area contributed by atoms with E-state index in [9.17, 15) is 24.2 Å². The molecule has 8 nitrogen and oxygen atoms in total. The van der Waals surface area contributed by atoms with Crippen LogP contribution in [0.1, 0.15) is 5.56 Å². The molecule has 0 radical (unpaired) electrons. The van der Waals surface area contributed by atoms with Gasteiger partial charge < -0.3 is 29.7 Å². The van der Waals surface area contributed by atoms with Gasteiger partial charge in [0, 0.05) is 44.0 Å². The zero-order valence-electron chi connectivity index (χ0n) is 16.2. The number of carbonyl (C=O) groups is 1. The van der Waals surface area contributed by atoms with E-state index in [0.717, 1.165) is 0 Å². The second kappa shape index (κ2) is 7.58. The Hall–Kier alpha value is -3.75. The number of hydrogen-bond acceptors (Lipinski definition) is 6. The number of hydrogen-bond donors (Lipinski definition) is 3. The summed E-state index contributed by atoms with van der Waals surface area (Å²) in [6.45, 7) is 3.23. The molecule has 9 heteroatoms. The third-order valence-electron chi connectivity index (χ3n) is 5.17. The van der Waals surface area contributed by atoms with Gasteiger partial charge in [0.2, 0.25) is 0 Å². The third-order valence-corrected chi connectivity index (χ3v) is 5.17. The van der Waals surface area contributed by atoms with Gasteiger partial charge in [-0.15, -0.1) is 0 Å². The fourth-order valence-electron chi connectivity index (χ4n) is 3.70. The maximum absolute atomic E-state index is 13.0. The molecule has 2 aromatic carbocycles. The summed E-state index contributed by atoms with van der Waals surface area (Å²) in [6, 6.07) is 7.67. The van der Waals surface area contributed by atoms with Crippen molar-refractivity contribution < 1.29 is 23.8 Å². The molecule has 30 heavy (non-hydrogen) atoms. The summed E-state index contributed by atoms with van der Waals surface area (Å²) in [5, 5.41) is 22.9. The molecule has 4 rings (SSSR count). The lowest BCUT2D eigenvalue weighted by Gasteiger charge is -2.36. The Morgan fingerprint density at radius 3 is 2.43 bits per heavy atom. The lowest BCUT2D eigenvalue weighted by molar-refractivity contribution is 0.208. The van der Waals surface area contributed by atoms with Gasteiger partial charge in [0.15, 0.2) is 0 Å². The van der Waals surface area contributed by atoms with Crippen LogP contribution in [0.2, 0.25) is 0 Å². The number of nitrogens with one attached hydrogen (secondary N) is 1. The van der Waals surface area contributed by atoms with Crippen molar-refractivity contribution in [2.24, 2.45) is 0 Å². The number of benzene rings is 2. The van der Waals surface area contributed by atoms with Gasteiger partial charge in [-0.1, -0.05) is 0 Å². The molecule has 1 fully saturated rings. The number of urea groups is 1. The summed E-state index contributed by atoms with van der Waals surface area (Å²) in [6.07, 6.45) is 0. The number of anilines is 2. The molecule has 0 spiro atoms. The van der Waals surface area contributed by atoms with Crippen LogP contribution in [0.5, 0.6) is 11.5 Å². The molecule has 1 aliphatic heterocycles. The molecule has 0 aliphatic carbocycles. The van der Waals surface area contributed by atoms with Crippen LogP contribution in [-0.2, 0) is 0 Å². The van der Waals surface area contributed by atoms with Gasteiger partial charge >= 0.3 is 11.7 Å². The zero-order chi connectivity index (χ0) is 21.4. The molecule has 0 atom stereocenters.